The third kappa shape index (κ3) is 5.62. The molecule has 1 heterocycles. The third-order valence-electron chi connectivity index (χ3n) is 3.78. The summed E-state index contributed by atoms with van der Waals surface area (Å²) in [7, 11) is 0. The second kappa shape index (κ2) is 8.25. The number of nitrogens with zero attached hydrogens (tertiary/aromatic N) is 1. The van der Waals surface area contributed by atoms with Crippen LogP contribution in [0.4, 0.5) is 0 Å². The minimum atomic E-state index is -0.835. The van der Waals surface area contributed by atoms with E-state index in [1.54, 1.807) is 18.7 Å². The predicted molar refractivity (Wildman–Crippen MR) is 86.1 cm³/mol. The number of hydrogen-bond donors (Lipinski definition) is 2. The van der Waals surface area contributed by atoms with Crippen LogP contribution in [0, 0.1) is 5.92 Å². The molecule has 0 aromatic rings. The summed E-state index contributed by atoms with van der Waals surface area (Å²) in [6.45, 7) is 8.31. The Morgan fingerprint density at radius 2 is 1.95 bits per heavy atom. The maximum atomic E-state index is 12.5. The second-order valence-corrected chi connectivity index (χ2v) is 7.30. The number of piperidine rings is 1. The Morgan fingerprint density at radius 1 is 1.35 bits per heavy atom. The topological polar surface area (TPSA) is 52.6 Å². The molecular weight excluding hydrogens is 272 g/mol. The molecule has 5 heteroatoms. The molecule has 2 N–H and O–H groups in total. The summed E-state index contributed by atoms with van der Waals surface area (Å²) in [5.41, 5.74) is -0.835. The van der Waals surface area contributed by atoms with Gasteiger partial charge in [-0.1, -0.05) is 20.3 Å². The fraction of sp³-hybridized carbons (Fsp3) is 0.933. The lowest BCUT2D eigenvalue weighted by atomic mass is 9.98. The molecular formula is C15H30N2O2S. The van der Waals surface area contributed by atoms with Crippen LogP contribution in [0.2, 0.25) is 0 Å². The van der Waals surface area contributed by atoms with Crippen molar-refractivity contribution >= 4 is 17.7 Å². The van der Waals surface area contributed by atoms with E-state index in [0.29, 0.717) is 18.2 Å². The van der Waals surface area contributed by atoms with Gasteiger partial charge in [0.2, 0.25) is 5.91 Å². The van der Waals surface area contributed by atoms with Crippen molar-refractivity contribution in [1.29, 1.82) is 0 Å². The van der Waals surface area contributed by atoms with Crippen molar-refractivity contribution in [1.82, 2.24) is 10.2 Å². The van der Waals surface area contributed by atoms with Gasteiger partial charge in [-0.2, -0.15) is 11.8 Å². The zero-order chi connectivity index (χ0) is 15.2. The van der Waals surface area contributed by atoms with E-state index in [4.69, 9.17) is 0 Å². The molecule has 20 heavy (non-hydrogen) atoms. The van der Waals surface area contributed by atoms with Gasteiger partial charge in [0.25, 0.3) is 0 Å². The number of aliphatic hydroxyl groups is 1. The van der Waals surface area contributed by atoms with Crippen LogP contribution in [-0.2, 0) is 4.79 Å². The number of carbonyl (C=O) groups excluding carboxylic acids is 1. The number of thioether (sulfide) groups is 1. The lowest BCUT2D eigenvalue weighted by molar-refractivity contribution is -0.129. The summed E-state index contributed by atoms with van der Waals surface area (Å²) >= 11 is 1.59. The highest BCUT2D eigenvalue weighted by molar-refractivity contribution is 7.98. The fourth-order valence-electron chi connectivity index (χ4n) is 2.83. The van der Waals surface area contributed by atoms with E-state index in [1.807, 2.05) is 6.26 Å². The standard InChI is InChI=1S/C15H30N2O2S/c1-12(2)13(17-8-6-5-7-9-17)14(18)16-10-15(3,19)11-20-4/h12-13,19H,5-11H2,1-4H3,(H,16,18). The van der Waals surface area contributed by atoms with Gasteiger partial charge in [0.1, 0.15) is 0 Å². The molecule has 1 rings (SSSR count). The van der Waals surface area contributed by atoms with Crippen molar-refractivity contribution in [3.63, 3.8) is 0 Å². The van der Waals surface area contributed by atoms with Gasteiger partial charge in [-0.05, 0) is 45.0 Å². The van der Waals surface area contributed by atoms with Crippen LogP contribution in [0.5, 0.6) is 0 Å². The predicted octanol–water partition coefficient (Wildman–Crippen LogP) is 1.73. The first-order valence-electron chi connectivity index (χ1n) is 7.60. The highest BCUT2D eigenvalue weighted by Gasteiger charge is 2.31. The lowest BCUT2D eigenvalue weighted by Crippen LogP contribution is -2.54. The number of amides is 1. The van der Waals surface area contributed by atoms with Gasteiger partial charge in [-0.25, -0.2) is 0 Å². The van der Waals surface area contributed by atoms with Gasteiger partial charge >= 0.3 is 0 Å². The summed E-state index contributed by atoms with van der Waals surface area (Å²) in [5, 5.41) is 13.1. The monoisotopic (exact) mass is 302 g/mol. The van der Waals surface area contributed by atoms with Crippen molar-refractivity contribution in [2.24, 2.45) is 5.92 Å². The van der Waals surface area contributed by atoms with Crippen molar-refractivity contribution in [3.05, 3.63) is 0 Å². The van der Waals surface area contributed by atoms with Crippen molar-refractivity contribution in [2.45, 2.75) is 51.7 Å². The Hall–Kier alpha value is -0.260. The first-order valence-corrected chi connectivity index (χ1v) is 9.00. The van der Waals surface area contributed by atoms with Gasteiger partial charge in [0, 0.05) is 12.3 Å². The molecule has 0 aliphatic carbocycles. The molecule has 0 radical (unpaired) electrons. The first kappa shape index (κ1) is 17.8. The van der Waals surface area contributed by atoms with E-state index in [-0.39, 0.29) is 11.9 Å². The van der Waals surface area contributed by atoms with Crippen LogP contribution in [0.25, 0.3) is 0 Å². The molecule has 1 aliphatic heterocycles. The average Bonchev–Trinajstić information content (AvgIpc) is 2.37. The summed E-state index contributed by atoms with van der Waals surface area (Å²) < 4.78 is 0. The minimum Gasteiger partial charge on any atom is -0.387 e. The van der Waals surface area contributed by atoms with Gasteiger partial charge in [-0.3, -0.25) is 9.69 Å². The molecule has 1 saturated heterocycles. The SMILES string of the molecule is CSCC(C)(O)CNC(=O)C(C(C)C)N1CCCCC1. The number of hydrogen-bond acceptors (Lipinski definition) is 4. The quantitative estimate of drug-likeness (QED) is 0.752. The Morgan fingerprint density at radius 3 is 2.45 bits per heavy atom. The summed E-state index contributed by atoms with van der Waals surface area (Å²) in [4.78, 5) is 14.8. The third-order valence-corrected chi connectivity index (χ3v) is 4.69. The van der Waals surface area contributed by atoms with E-state index in [9.17, 15) is 9.90 Å². The van der Waals surface area contributed by atoms with Crippen molar-refractivity contribution in [3.8, 4) is 0 Å². The number of carbonyl (C=O) groups is 1. The first-order chi connectivity index (χ1) is 9.37. The molecule has 0 saturated carbocycles. The summed E-state index contributed by atoms with van der Waals surface area (Å²) in [5.74, 6) is 0.977. The molecule has 0 aromatic heterocycles. The maximum Gasteiger partial charge on any atom is 0.237 e. The molecule has 1 amide bonds. The summed E-state index contributed by atoms with van der Waals surface area (Å²) in [6.07, 6.45) is 5.59. The fourth-order valence-corrected chi connectivity index (χ4v) is 3.55. The van der Waals surface area contributed by atoms with Gasteiger partial charge in [0.05, 0.1) is 11.6 Å². The molecule has 0 bridgehead atoms. The number of rotatable bonds is 7. The van der Waals surface area contributed by atoms with Crippen LogP contribution in [0.3, 0.4) is 0 Å². The van der Waals surface area contributed by atoms with Crippen LogP contribution in [0.1, 0.15) is 40.0 Å². The normalized spacial score (nSPS) is 21.5. The van der Waals surface area contributed by atoms with Crippen molar-refractivity contribution in [2.75, 3.05) is 31.6 Å². The maximum absolute atomic E-state index is 12.5. The van der Waals surface area contributed by atoms with Crippen LogP contribution in [-0.4, -0.2) is 59.2 Å². The average molecular weight is 302 g/mol. The molecule has 2 unspecified atom stereocenters. The van der Waals surface area contributed by atoms with E-state index in [0.717, 1.165) is 13.1 Å². The largest absolute Gasteiger partial charge is 0.387 e. The molecule has 0 spiro atoms. The van der Waals surface area contributed by atoms with Crippen molar-refractivity contribution < 1.29 is 9.90 Å². The van der Waals surface area contributed by atoms with Gasteiger partial charge < -0.3 is 10.4 Å². The van der Waals surface area contributed by atoms with E-state index in [2.05, 4.69) is 24.1 Å². The molecule has 0 aromatic carbocycles. The Balaban J connectivity index is 2.56. The van der Waals surface area contributed by atoms with Crippen LogP contribution in [0.15, 0.2) is 0 Å². The number of nitrogens with one attached hydrogen (secondary N) is 1. The number of likely N-dealkylation sites (tertiary alicyclic amines) is 1. The molecule has 118 valence electrons. The zero-order valence-electron chi connectivity index (χ0n) is 13.3. The van der Waals surface area contributed by atoms with E-state index >= 15 is 0 Å². The Kier molecular flexibility index (Phi) is 7.34. The van der Waals surface area contributed by atoms with E-state index in [1.165, 1.54) is 19.3 Å². The minimum absolute atomic E-state index is 0.0586. The Labute approximate surface area is 127 Å². The highest BCUT2D eigenvalue weighted by Crippen LogP contribution is 2.18. The van der Waals surface area contributed by atoms with Gasteiger partial charge in [0.15, 0.2) is 0 Å². The van der Waals surface area contributed by atoms with Crippen LogP contribution < -0.4 is 5.32 Å². The highest BCUT2D eigenvalue weighted by atomic mass is 32.2. The Bertz CT molecular complexity index is 302. The lowest BCUT2D eigenvalue weighted by Gasteiger charge is -2.36. The molecule has 1 fully saturated rings. The van der Waals surface area contributed by atoms with E-state index < -0.39 is 5.60 Å². The van der Waals surface area contributed by atoms with Crippen LogP contribution >= 0.6 is 11.8 Å². The second-order valence-electron chi connectivity index (χ2n) is 6.43. The zero-order valence-corrected chi connectivity index (χ0v) is 14.1. The molecule has 1 aliphatic rings. The summed E-state index contributed by atoms with van der Waals surface area (Å²) in [6, 6.07) is -0.0691. The smallest absolute Gasteiger partial charge is 0.237 e. The molecule has 2 atom stereocenters. The van der Waals surface area contributed by atoms with Gasteiger partial charge in [-0.15, -0.1) is 0 Å². The molecule has 4 nitrogen and oxygen atoms in total.